The smallest absolute Gasteiger partial charge is 0.119 e. The maximum absolute atomic E-state index is 11.2. The van der Waals surface area contributed by atoms with E-state index in [9.17, 15) is 10.2 Å². The van der Waals surface area contributed by atoms with Crippen LogP contribution in [-0.4, -0.2) is 51.9 Å². The van der Waals surface area contributed by atoms with Crippen LogP contribution >= 0.6 is 0 Å². The number of ether oxygens (including phenoxy) is 1. The van der Waals surface area contributed by atoms with E-state index in [2.05, 4.69) is 4.98 Å². The summed E-state index contributed by atoms with van der Waals surface area (Å²) in [6.45, 7) is 0.214. The number of rotatable bonds is 4. The summed E-state index contributed by atoms with van der Waals surface area (Å²) >= 11 is 0. The van der Waals surface area contributed by atoms with E-state index < -0.39 is 18.2 Å². The minimum absolute atomic E-state index is 0.159. The number of pyridine rings is 1. The molecule has 3 aliphatic heterocycles. The molecule has 0 saturated carbocycles. The Morgan fingerprint density at radius 1 is 1.56 bits per heavy atom. The molecule has 5 heteroatoms. The van der Waals surface area contributed by atoms with Gasteiger partial charge in [-0.3, -0.25) is 9.88 Å². The van der Waals surface area contributed by atoms with Crippen molar-refractivity contribution in [3.05, 3.63) is 48.6 Å². The molecule has 1 aromatic carbocycles. The third-order valence-electron chi connectivity index (χ3n) is 5.76. The van der Waals surface area contributed by atoms with Gasteiger partial charge in [0.25, 0.3) is 0 Å². The molecule has 1 unspecified atom stereocenters. The molecule has 0 amide bonds. The van der Waals surface area contributed by atoms with Crippen molar-refractivity contribution in [3.63, 3.8) is 0 Å². The topological polar surface area (TPSA) is 65.8 Å². The minimum Gasteiger partial charge on any atom is -0.497 e. The van der Waals surface area contributed by atoms with Crippen LogP contribution in [0.3, 0.4) is 0 Å². The van der Waals surface area contributed by atoms with Crippen molar-refractivity contribution in [2.24, 2.45) is 5.92 Å². The fourth-order valence-electron chi connectivity index (χ4n) is 4.32. The van der Waals surface area contributed by atoms with E-state index in [-0.39, 0.29) is 24.6 Å². The molecule has 2 aromatic rings. The molecule has 2 bridgehead atoms. The van der Waals surface area contributed by atoms with Gasteiger partial charge >= 0.3 is 0 Å². The Balaban J connectivity index is 1.67. The van der Waals surface area contributed by atoms with Crippen LogP contribution in [0.25, 0.3) is 10.9 Å². The van der Waals surface area contributed by atoms with Crippen LogP contribution < -0.4 is 4.74 Å². The van der Waals surface area contributed by atoms with Gasteiger partial charge in [0.2, 0.25) is 0 Å². The normalized spacial score (nSPS) is 34.0. The second kappa shape index (κ2) is 6.09. The molecule has 4 heterocycles. The van der Waals surface area contributed by atoms with Crippen LogP contribution in [0.2, 0.25) is 0 Å². The number of nitrogens with zero attached hydrogens (tertiary/aromatic N) is 2. The van der Waals surface area contributed by atoms with E-state index in [1.54, 1.807) is 13.3 Å². The molecule has 3 fully saturated rings. The molecule has 0 spiro atoms. The van der Waals surface area contributed by atoms with Crippen molar-refractivity contribution in [3.8, 4) is 5.75 Å². The summed E-state index contributed by atoms with van der Waals surface area (Å²) in [4.78, 5) is 6.35. The van der Waals surface area contributed by atoms with Crippen molar-refractivity contribution in [2.75, 3.05) is 20.2 Å². The van der Waals surface area contributed by atoms with Gasteiger partial charge in [-0.05, 0) is 55.1 Å². The zero-order valence-corrected chi connectivity index (χ0v) is 14.1. The van der Waals surface area contributed by atoms with Gasteiger partial charge in [-0.15, -0.1) is 6.53 Å². The molecule has 25 heavy (non-hydrogen) atoms. The van der Waals surface area contributed by atoms with Crippen LogP contribution in [0.5, 0.6) is 5.75 Å². The molecule has 3 aliphatic rings. The predicted octanol–water partition coefficient (Wildman–Crippen LogP) is 2.29. The SMILES string of the molecule is [2H]C([2H])=C([2H])[C@@]1(O)CN2CC[C@H]1C[C@H]2[C@H](O)c1ccnc2ccc(OC)cc12. The summed E-state index contributed by atoms with van der Waals surface area (Å²) in [5, 5.41) is 23.0. The van der Waals surface area contributed by atoms with E-state index in [4.69, 9.17) is 8.85 Å². The average molecular weight is 343 g/mol. The summed E-state index contributed by atoms with van der Waals surface area (Å²) in [6.07, 6.45) is 2.08. The fraction of sp³-hybridized carbons (Fsp3) is 0.450. The first kappa shape index (κ1) is 13.3. The lowest BCUT2D eigenvalue weighted by molar-refractivity contribution is -0.127. The number of piperidine rings is 3. The van der Waals surface area contributed by atoms with E-state index in [0.717, 1.165) is 16.5 Å². The third kappa shape index (κ3) is 2.63. The minimum atomic E-state index is -1.49. The molecule has 5 nitrogen and oxygen atoms in total. The van der Waals surface area contributed by atoms with E-state index in [1.807, 2.05) is 29.2 Å². The van der Waals surface area contributed by atoms with Gasteiger partial charge < -0.3 is 14.9 Å². The van der Waals surface area contributed by atoms with Crippen LogP contribution in [-0.2, 0) is 0 Å². The number of aromatic nitrogens is 1. The molecule has 5 atom stereocenters. The number of fused-ring (bicyclic) bond motifs is 4. The Morgan fingerprint density at radius 2 is 2.44 bits per heavy atom. The Labute approximate surface area is 151 Å². The number of aliphatic hydroxyl groups excluding tert-OH is 1. The Bertz CT molecular complexity index is 934. The number of hydrogen-bond donors (Lipinski definition) is 2. The second-order valence-corrected chi connectivity index (χ2v) is 7.04. The number of benzene rings is 1. The number of aliphatic hydroxyl groups is 2. The fourth-order valence-corrected chi connectivity index (χ4v) is 4.32. The molecule has 0 aliphatic carbocycles. The summed E-state index contributed by atoms with van der Waals surface area (Å²) in [6, 6.07) is 6.82. The average Bonchev–Trinajstić information content (AvgIpc) is 2.72. The van der Waals surface area contributed by atoms with Gasteiger partial charge in [-0.25, -0.2) is 0 Å². The van der Waals surface area contributed by atoms with Crippen molar-refractivity contribution >= 4 is 10.9 Å². The lowest BCUT2D eigenvalue weighted by Gasteiger charge is -2.54. The highest BCUT2D eigenvalue weighted by molar-refractivity contribution is 5.83. The van der Waals surface area contributed by atoms with Crippen molar-refractivity contribution in [1.82, 2.24) is 9.88 Å². The predicted molar refractivity (Wildman–Crippen MR) is 96.5 cm³/mol. The zero-order chi connectivity index (χ0) is 20.1. The Morgan fingerprint density at radius 3 is 3.16 bits per heavy atom. The summed E-state index contributed by atoms with van der Waals surface area (Å²) < 4.78 is 28.2. The van der Waals surface area contributed by atoms with Crippen LogP contribution in [0.15, 0.2) is 43.0 Å². The summed E-state index contributed by atoms with van der Waals surface area (Å²) in [7, 11) is 1.60. The first-order valence-electron chi connectivity index (χ1n) is 10.1. The van der Waals surface area contributed by atoms with Gasteiger partial charge in [0, 0.05) is 24.2 Å². The van der Waals surface area contributed by atoms with Gasteiger partial charge in [-0.2, -0.15) is 0 Å². The van der Waals surface area contributed by atoms with Crippen molar-refractivity contribution in [1.29, 1.82) is 0 Å². The van der Waals surface area contributed by atoms with Gasteiger partial charge in [0.05, 0.1) is 28.4 Å². The number of methoxy groups -OCH3 is 1. The highest BCUT2D eigenvalue weighted by atomic mass is 16.5. The summed E-state index contributed by atoms with van der Waals surface area (Å²) in [5.41, 5.74) is 0.0409. The van der Waals surface area contributed by atoms with Crippen LogP contribution in [0.1, 0.15) is 28.6 Å². The lowest BCUT2D eigenvalue weighted by Crippen LogP contribution is -2.63. The first-order chi connectivity index (χ1) is 13.3. The highest BCUT2D eigenvalue weighted by Gasteiger charge is 2.49. The van der Waals surface area contributed by atoms with Gasteiger partial charge in [0.15, 0.2) is 0 Å². The molecular formula is C20H24N2O3. The standard InChI is InChI=1S/C20H24N2O3/c1-3-20(24)12-22-9-7-13(20)10-18(22)19(23)15-6-8-21-17-5-4-14(25-2)11-16(15)17/h3-6,8,11,13,18-19,23-24H,1,7,9-10,12H2,2H3/t13-,18-,19+,20+/m0/s1/i1D2,3D. The van der Waals surface area contributed by atoms with Gasteiger partial charge in [0.1, 0.15) is 5.75 Å². The van der Waals surface area contributed by atoms with E-state index >= 15 is 0 Å². The molecule has 2 N–H and O–H groups in total. The monoisotopic (exact) mass is 343 g/mol. The highest BCUT2D eigenvalue weighted by Crippen LogP contribution is 2.44. The van der Waals surface area contributed by atoms with Crippen LogP contribution in [0.4, 0.5) is 0 Å². The molecular weight excluding hydrogens is 316 g/mol. The first-order valence-corrected chi connectivity index (χ1v) is 8.57. The Kier molecular flexibility index (Phi) is 3.24. The van der Waals surface area contributed by atoms with Gasteiger partial charge in [-0.1, -0.05) is 6.05 Å². The van der Waals surface area contributed by atoms with E-state index in [0.29, 0.717) is 25.1 Å². The van der Waals surface area contributed by atoms with Crippen molar-refractivity contribution < 1.29 is 19.1 Å². The zero-order valence-electron chi connectivity index (χ0n) is 17.1. The Hall–Kier alpha value is -1.95. The van der Waals surface area contributed by atoms with Crippen molar-refractivity contribution in [2.45, 2.75) is 30.6 Å². The summed E-state index contributed by atoms with van der Waals surface area (Å²) in [5.74, 6) is 0.439. The third-order valence-corrected chi connectivity index (χ3v) is 5.76. The molecule has 1 aromatic heterocycles. The molecule has 3 saturated heterocycles. The van der Waals surface area contributed by atoms with E-state index in [1.165, 1.54) is 0 Å². The quantitative estimate of drug-likeness (QED) is 0.834. The molecule has 0 radical (unpaired) electrons. The maximum atomic E-state index is 11.2. The molecule has 132 valence electrons. The lowest BCUT2D eigenvalue weighted by atomic mass is 9.71. The largest absolute Gasteiger partial charge is 0.497 e. The second-order valence-electron chi connectivity index (χ2n) is 7.04. The van der Waals surface area contributed by atoms with Crippen LogP contribution in [0, 0.1) is 5.92 Å². The molecule has 5 rings (SSSR count). The maximum Gasteiger partial charge on any atom is 0.119 e. The number of hydrogen-bond acceptors (Lipinski definition) is 5.